The fourth-order valence-electron chi connectivity index (χ4n) is 10.1. The minimum Gasteiger partial charge on any atom is -0.456 e. The molecule has 282 valence electrons. The quantitative estimate of drug-likeness (QED) is 0.175. The molecule has 0 amide bonds. The zero-order chi connectivity index (χ0) is 39.6. The molecule has 2 nitrogen and oxygen atoms in total. The minimum atomic E-state index is -0.144. The van der Waals surface area contributed by atoms with Gasteiger partial charge in [0, 0.05) is 38.7 Å². The van der Waals surface area contributed by atoms with Crippen LogP contribution in [0.2, 0.25) is 0 Å². The third kappa shape index (κ3) is 5.29. The van der Waals surface area contributed by atoms with Gasteiger partial charge in [-0.05, 0) is 127 Å². The Kier molecular flexibility index (Phi) is 7.68. The van der Waals surface area contributed by atoms with E-state index in [1.54, 1.807) is 0 Å². The number of furan rings is 1. The summed E-state index contributed by atoms with van der Waals surface area (Å²) in [5, 5.41) is 2.33. The van der Waals surface area contributed by atoms with Gasteiger partial charge in [-0.1, -0.05) is 153 Å². The topological polar surface area (TPSA) is 16.4 Å². The number of benzene rings is 7. The second-order valence-corrected chi connectivity index (χ2v) is 18.8. The van der Waals surface area contributed by atoms with Gasteiger partial charge in [-0.2, -0.15) is 0 Å². The van der Waals surface area contributed by atoms with Crippen LogP contribution in [-0.2, 0) is 16.2 Å². The monoisotopic (exact) mass is 741 g/mol. The molecular formula is C55H51NO. The molecule has 1 aromatic heterocycles. The molecule has 0 bridgehead atoms. The van der Waals surface area contributed by atoms with Gasteiger partial charge in [-0.15, -0.1) is 0 Å². The summed E-state index contributed by atoms with van der Waals surface area (Å²) < 4.78 is 6.48. The number of fused-ring (bicyclic) bond motifs is 9. The molecule has 0 saturated heterocycles. The summed E-state index contributed by atoms with van der Waals surface area (Å²) in [5.74, 6) is 0.384. The van der Waals surface area contributed by atoms with E-state index < -0.39 is 0 Å². The summed E-state index contributed by atoms with van der Waals surface area (Å²) in [6.07, 6.45) is 0. The van der Waals surface area contributed by atoms with E-state index in [2.05, 4.69) is 207 Å². The SMILES string of the molecule is CC(C)c1cccc2c1oc1ccc(-c3cccc(N(c4ccc5c(c4)C(C)(C)c4ccccc4-5)c4ccc5c(c4)C(C)(C)c4cccc(C(C)(C)C)c4-5)c3)cc12. The van der Waals surface area contributed by atoms with Crippen molar-refractivity contribution in [1.29, 1.82) is 0 Å². The fraction of sp³-hybridized carbons (Fsp3) is 0.236. The molecular weight excluding hydrogens is 691 g/mol. The van der Waals surface area contributed by atoms with Crippen LogP contribution in [0, 0.1) is 0 Å². The fourth-order valence-corrected chi connectivity index (χ4v) is 10.1. The lowest BCUT2D eigenvalue weighted by Crippen LogP contribution is -2.18. The lowest BCUT2D eigenvalue weighted by molar-refractivity contribution is 0.589. The third-order valence-corrected chi connectivity index (χ3v) is 13.2. The minimum absolute atomic E-state index is 0.0332. The first-order valence-electron chi connectivity index (χ1n) is 20.6. The second-order valence-electron chi connectivity index (χ2n) is 18.8. The third-order valence-electron chi connectivity index (χ3n) is 13.2. The summed E-state index contributed by atoms with van der Waals surface area (Å²) >= 11 is 0. The summed E-state index contributed by atoms with van der Waals surface area (Å²) in [6.45, 7) is 21.0. The van der Waals surface area contributed by atoms with Gasteiger partial charge >= 0.3 is 0 Å². The second kappa shape index (κ2) is 12.3. The molecule has 0 N–H and O–H groups in total. The van der Waals surface area contributed by atoms with Crippen LogP contribution in [0.15, 0.2) is 144 Å². The first-order chi connectivity index (χ1) is 27.2. The van der Waals surface area contributed by atoms with Crippen molar-refractivity contribution in [2.75, 3.05) is 4.90 Å². The summed E-state index contributed by atoms with van der Waals surface area (Å²) in [4.78, 5) is 2.48. The van der Waals surface area contributed by atoms with Gasteiger partial charge in [0.05, 0.1) is 0 Å². The first-order valence-corrected chi connectivity index (χ1v) is 20.6. The van der Waals surface area contributed by atoms with Gasteiger partial charge in [0.15, 0.2) is 0 Å². The van der Waals surface area contributed by atoms with Crippen molar-refractivity contribution in [3.8, 4) is 33.4 Å². The summed E-state index contributed by atoms with van der Waals surface area (Å²) in [5.41, 5.74) is 21.1. The lowest BCUT2D eigenvalue weighted by atomic mass is 9.79. The maximum absolute atomic E-state index is 6.48. The van der Waals surface area contributed by atoms with Gasteiger partial charge in [0.2, 0.25) is 0 Å². The Bertz CT molecular complexity index is 2930. The van der Waals surface area contributed by atoms with Crippen molar-refractivity contribution in [3.05, 3.63) is 173 Å². The van der Waals surface area contributed by atoms with E-state index in [1.165, 1.54) is 72.1 Å². The standard InChI is InChI=1S/C55H51NO/c1-33(2)39-18-13-19-42-44-30-35(23-28-50(44)57-52(39)42)34-15-12-16-36(29-34)56(37-24-26-41-40-17-10-11-20-45(40)54(6,7)48(41)31-37)38-25-27-43-49(32-38)55(8,9)47-22-14-21-46(51(43)47)53(3,4)5/h10-33H,1-9H3. The predicted octanol–water partition coefficient (Wildman–Crippen LogP) is 15.8. The largest absolute Gasteiger partial charge is 0.456 e. The van der Waals surface area contributed by atoms with Crippen LogP contribution in [0.3, 0.4) is 0 Å². The number of rotatable bonds is 5. The van der Waals surface area contributed by atoms with E-state index >= 15 is 0 Å². The lowest BCUT2D eigenvalue weighted by Gasteiger charge is -2.30. The number of hydrogen-bond acceptors (Lipinski definition) is 2. The van der Waals surface area contributed by atoms with Gasteiger partial charge in [-0.3, -0.25) is 0 Å². The highest BCUT2D eigenvalue weighted by Crippen LogP contribution is 2.55. The Morgan fingerprint density at radius 1 is 0.509 bits per heavy atom. The van der Waals surface area contributed by atoms with Gasteiger partial charge in [-0.25, -0.2) is 0 Å². The van der Waals surface area contributed by atoms with Crippen LogP contribution < -0.4 is 4.90 Å². The maximum Gasteiger partial charge on any atom is 0.138 e. The summed E-state index contributed by atoms with van der Waals surface area (Å²) in [6, 6.07) is 52.5. The Morgan fingerprint density at radius 3 is 1.88 bits per heavy atom. The average molecular weight is 742 g/mol. The number of hydrogen-bond donors (Lipinski definition) is 0. The zero-order valence-corrected chi connectivity index (χ0v) is 34.7. The number of anilines is 3. The predicted molar refractivity (Wildman–Crippen MR) is 242 cm³/mol. The molecule has 2 aliphatic rings. The van der Waals surface area contributed by atoms with E-state index in [4.69, 9.17) is 4.42 Å². The molecule has 0 aliphatic heterocycles. The van der Waals surface area contributed by atoms with Crippen LogP contribution in [0.1, 0.15) is 102 Å². The highest BCUT2D eigenvalue weighted by atomic mass is 16.3. The van der Waals surface area contributed by atoms with Crippen molar-refractivity contribution >= 4 is 39.0 Å². The van der Waals surface area contributed by atoms with Crippen molar-refractivity contribution < 1.29 is 4.42 Å². The molecule has 1 heterocycles. The molecule has 7 aromatic carbocycles. The maximum atomic E-state index is 6.48. The average Bonchev–Trinajstić information content (AvgIpc) is 3.77. The Morgan fingerprint density at radius 2 is 1.12 bits per heavy atom. The smallest absolute Gasteiger partial charge is 0.138 e. The Labute approximate surface area is 337 Å². The van der Waals surface area contributed by atoms with E-state index in [1.807, 2.05) is 0 Å². The zero-order valence-electron chi connectivity index (χ0n) is 34.7. The van der Waals surface area contributed by atoms with Crippen LogP contribution >= 0.6 is 0 Å². The number of para-hydroxylation sites is 1. The van der Waals surface area contributed by atoms with Crippen LogP contribution in [0.4, 0.5) is 17.1 Å². The highest BCUT2D eigenvalue weighted by Gasteiger charge is 2.39. The van der Waals surface area contributed by atoms with Gasteiger partial charge in [0.1, 0.15) is 11.2 Å². The van der Waals surface area contributed by atoms with Crippen LogP contribution in [0.25, 0.3) is 55.3 Å². The molecule has 0 radical (unpaired) electrons. The van der Waals surface area contributed by atoms with Crippen LogP contribution in [-0.4, -0.2) is 0 Å². The molecule has 8 aromatic rings. The summed E-state index contributed by atoms with van der Waals surface area (Å²) in [7, 11) is 0. The van der Waals surface area contributed by atoms with E-state index in [0.29, 0.717) is 5.92 Å². The Hall–Kier alpha value is -5.86. The van der Waals surface area contributed by atoms with Crippen molar-refractivity contribution in [1.82, 2.24) is 0 Å². The van der Waals surface area contributed by atoms with Crippen molar-refractivity contribution in [2.45, 2.75) is 84.5 Å². The molecule has 0 spiro atoms. The molecule has 2 aliphatic carbocycles. The van der Waals surface area contributed by atoms with Crippen LogP contribution in [0.5, 0.6) is 0 Å². The van der Waals surface area contributed by atoms with E-state index in [-0.39, 0.29) is 16.2 Å². The first kappa shape index (κ1) is 35.5. The number of nitrogens with zero attached hydrogens (tertiary/aromatic N) is 1. The molecule has 0 fully saturated rings. The molecule has 10 rings (SSSR count). The molecule has 0 unspecified atom stereocenters. The van der Waals surface area contributed by atoms with Crippen molar-refractivity contribution in [2.24, 2.45) is 0 Å². The molecule has 0 atom stereocenters. The molecule has 57 heavy (non-hydrogen) atoms. The Balaban J connectivity index is 1.15. The van der Waals surface area contributed by atoms with E-state index in [0.717, 1.165) is 33.6 Å². The van der Waals surface area contributed by atoms with Gasteiger partial charge in [0.25, 0.3) is 0 Å². The molecule has 2 heteroatoms. The molecule has 0 saturated carbocycles. The van der Waals surface area contributed by atoms with E-state index in [9.17, 15) is 0 Å². The normalized spacial score (nSPS) is 14.8. The van der Waals surface area contributed by atoms with Crippen molar-refractivity contribution in [3.63, 3.8) is 0 Å². The highest BCUT2D eigenvalue weighted by molar-refractivity contribution is 6.07. The van der Waals surface area contributed by atoms with Gasteiger partial charge < -0.3 is 9.32 Å².